The molecule has 26 heavy (non-hydrogen) atoms. The van der Waals surface area contributed by atoms with Gasteiger partial charge < -0.3 is 9.47 Å². The number of benzene rings is 1. The Morgan fingerprint density at radius 2 is 1.92 bits per heavy atom. The van der Waals surface area contributed by atoms with Crippen LogP contribution in [0.15, 0.2) is 49.1 Å². The Bertz CT molecular complexity index is 945. The van der Waals surface area contributed by atoms with Crippen molar-refractivity contribution in [2.45, 2.75) is 18.9 Å². The fourth-order valence-corrected chi connectivity index (χ4v) is 4.51. The highest BCUT2D eigenvalue weighted by molar-refractivity contribution is 6.30. The monoisotopic (exact) mass is 368 g/mol. The van der Waals surface area contributed by atoms with Crippen LogP contribution in [-0.4, -0.2) is 27.6 Å². The average Bonchev–Trinajstić information content (AvgIpc) is 3.24. The first-order valence-electron chi connectivity index (χ1n) is 8.89. The van der Waals surface area contributed by atoms with Crippen LogP contribution in [0.4, 0.5) is 10.2 Å². The van der Waals surface area contributed by atoms with Gasteiger partial charge in [-0.05, 0) is 37.0 Å². The molecule has 0 spiro atoms. The summed E-state index contributed by atoms with van der Waals surface area (Å²) < 4.78 is 16.8. The normalized spacial score (nSPS) is 19.5. The second kappa shape index (κ2) is 6.09. The maximum absolute atomic E-state index is 14.7. The Hall–Kier alpha value is -2.40. The number of halogens is 2. The van der Waals surface area contributed by atoms with Gasteiger partial charge in [0.25, 0.3) is 0 Å². The van der Waals surface area contributed by atoms with Gasteiger partial charge in [0, 0.05) is 30.4 Å². The van der Waals surface area contributed by atoms with E-state index in [2.05, 4.69) is 19.4 Å². The van der Waals surface area contributed by atoms with E-state index in [0.29, 0.717) is 10.9 Å². The number of nitrogens with zero attached hydrogens (tertiary/aromatic N) is 4. The third-order valence-corrected chi connectivity index (χ3v) is 5.84. The summed E-state index contributed by atoms with van der Waals surface area (Å²) in [5.74, 6) is 1.22. The lowest BCUT2D eigenvalue weighted by Gasteiger charge is -2.36. The third-order valence-electron chi connectivity index (χ3n) is 5.61. The molecule has 5 rings (SSSR count). The van der Waals surface area contributed by atoms with Gasteiger partial charge >= 0.3 is 0 Å². The van der Waals surface area contributed by atoms with E-state index < -0.39 is 0 Å². The number of imidazole rings is 1. The Kier molecular flexibility index (Phi) is 3.71. The number of pyridine rings is 1. The molecule has 0 N–H and O–H groups in total. The van der Waals surface area contributed by atoms with Crippen molar-refractivity contribution in [2.24, 2.45) is 5.92 Å². The zero-order valence-corrected chi connectivity index (χ0v) is 14.9. The first kappa shape index (κ1) is 15.8. The molecule has 1 aromatic carbocycles. The third kappa shape index (κ3) is 2.42. The van der Waals surface area contributed by atoms with Crippen molar-refractivity contribution in [3.8, 4) is 11.3 Å². The van der Waals surface area contributed by atoms with Crippen LogP contribution in [-0.2, 0) is 0 Å². The summed E-state index contributed by atoms with van der Waals surface area (Å²) in [5, 5.41) is 0.648. The number of piperidine rings is 1. The first-order chi connectivity index (χ1) is 12.7. The largest absolute Gasteiger partial charge is 0.357 e. The number of aromatic nitrogens is 3. The summed E-state index contributed by atoms with van der Waals surface area (Å²) >= 11 is 5.93. The molecule has 2 aromatic heterocycles. The van der Waals surface area contributed by atoms with Crippen molar-refractivity contribution in [1.29, 1.82) is 0 Å². The van der Waals surface area contributed by atoms with Crippen LogP contribution in [0.2, 0.25) is 5.02 Å². The minimum atomic E-state index is -0.113. The number of hydrogen-bond donors (Lipinski definition) is 0. The molecule has 4 nitrogen and oxygen atoms in total. The molecule has 1 saturated heterocycles. The van der Waals surface area contributed by atoms with Crippen LogP contribution in [0.25, 0.3) is 11.3 Å². The molecule has 0 saturated carbocycles. The molecule has 4 heterocycles. The quantitative estimate of drug-likeness (QED) is 0.665. The molecule has 1 fully saturated rings. The predicted octanol–water partition coefficient (Wildman–Crippen LogP) is 4.56. The molecule has 0 radical (unpaired) electrons. The van der Waals surface area contributed by atoms with E-state index in [1.807, 2.05) is 30.7 Å². The SMILES string of the molecule is Fc1cccc2c1C(C1CCN(c3ccc(Cl)cn3)CC1)n1cncc1-2. The van der Waals surface area contributed by atoms with E-state index in [-0.39, 0.29) is 11.9 Å². The zero-order chi connectivity index (χ0) is 17.7. The van der Waals surface area contributed by atoms with Gasteiger partial charge in [0.05, 0.1) is 29.3 Å². The highest BCUT2D eigenvalue weighted by atomic mass is 35.5. The van der Waals surface area contributed by atoms with Gasteiger partial charge in [-0.3, -0.25) is 0 Å². The molecule has 0 bridgehead atoms. The zero-order valence-electron chi connectivity index (χ0n) is 14.1. The van der Waals surface area contributed by atoms with Gasteiger partial charge in [-0.1, -0.05) is 23.7 Å². The Balaban J connectivity index is 1.41. The van der Waals surface area contributed by atoms with E-state index in [1.54, 1.807) is 18.3 Å². The number of rotatable bonds is 2. The molecule has 1 unspecified atom stereocenters. The van der Waals surface area contributed by atoms with E-state index in [0.717, 1.165) is 48.6 Å². The lowest BCUT2D eigenvalue weighted by Crippen LogP contribution is -2.37. The van der Waals surface area contributed by atoms with Crippen LogP contribution in [0, 0.1) is 11.7 Å². The lowest BCUT2D eigenvalue weighted by atomic mass is 9.85. The molecule has 6 heteroatoms. The molecule has 2 aliphatic heterocycles. The topological polar surface area (TPSA) is 34.0 Å². The fourth-order valence-electron chi connectivity index (χ4n) is 4.40. The predicted molar refractivity (Wildman–Crippen MR) is 99.9 cm³/mol. The molecular weight excluding hydrogens is 351 g/mol. The molecule has 2 aliphatic rings. The molecule has 1 atom stereocenters. The van der Waals surface area contributed by atoms with Crippen molar-refractivity contribution >= 4 is 17.4 Å². The fraction of sp³-hybridized carbons (Fsp3) is 0.300. The smallest absolute Gasteiger partial charge is 0.129 e. The van der Waals surface area contributed by atoms with Gasteiger partial charge in [0.1, 0.15) is 11.6 Å². The molecule has 0 aliphatic carbocycles. The van der Waals surface area contributed by atoms with E-state index in [4.69, 9.17) is 11.6 Å². The lowest BCUT2D eigenvalue weighted by molar-refractivity contribution is 0.311. The standard InChI is InChI=1S/C20H18ClFN4/c21-14-4-5-18(24-10-14)25-8-6-13(7-9-25)20-19-15(2-1-3-16(19)22)17-11-23-12-26(17)20/h1-5,10-13,20H,6-9H2. The second-order valence-corrected chi connectivity index (χ2v) is 7.43. The van der Waals surface area contributed by atoms with E-state index >= 15 is 0 Å². The summed E-state index contributed by atoms with van der Waals surface area (Å²) in [6, 6.07) is 9.21. The Morgan fingerprint density at radius 1 is 1.08 bits per heavy atom. The van der Waals surface area contributed by atoms with Crippen LogP contribution >= 0.6 is 11.6 Å². The maximum Gasteiger partial charge on any atom is 0.129 e. The first-order valence-corrected chi connectivity index (χ1v) is 9.27. The summed E-state index contributed by atoms with van der Waals surface area (Å²) in [5.41, 5.74) is 2.83. The van der Waals surface area contributed by atoms with Gasteiger partial charge in [0.15, 0.2) is 0 Å². The van der Waals surface area contributed by atoms with E-state index in [9.17, 15) is 4.39 Å². The number of fused-ring (bicyclic) bond motifs is 3. The molecule has 132 valence electrons. The van der Waals surface area contributed by atoms with Crippen molar-refractivity contribution in [3.63, 3.8) is 0 Å². The Labute approximate surface area is 156 Å². The maximum atomic E-state index is 14.7. The van der Waals surface area contributed by atoms with Crippen LogP contribution < -0.4 is 4.90 Å². The van der Waals surface area contributed by atoms with Gasteiger partial charge in [-0.15, -0.1) is 0 Å². The van der Waals surface area contributed by atoms with Crippen LogP contribution in [0.3, 0.4) is 0 Å². The van der Waals surface area contributed by atoms with Gasteiger partial charge in [-0.25, -0.2) is 14.4 Å². The second-order valence-electron chi connectivity index (χ2n) is 6.99. The number of hydrogen-bond acceptors (Lipinski definition) is 3. The van der Waals surface area contributed by atoms with Gasteiger partial charge in [0.2, 0.25) is 0 Å². The van der Waals surface area contributed by atoms with Crippen molar-refractivity contribution in [1.82, 2.24) is 14.5 Å². The van der Waals surface area contributed by atoms with Crippen molar-refractivity contribution in [3.05, 3.63) is 65.5 Å². The Morgan fingerprint density at radius 3 is 2.69 bits per heavy atom. The summed E-state index contributed by atoms with van der Waals surface area (Å²) in [6.07, 6.45) is 7.33. The summed E-state index contributed by atoms with van der Waals surface area (Å²) in [4.78, 5) is 11.0. The van der Waals surface area contributed by atoms with Crippen molar-refractivity contribution in [2.75, 3.05) is 18.0 Å². The minimum Gasteiger partial charge on any atom is -0.357 e. The van der Waals surface area contributed by atoms with E-state index in [1.165, 1.54) is 0 Å². The summed E-state index contributed by atoms with van der Waals surface area (Å²) in [6.45, 7) is 1.81. The van der Waals surface area contributed by atoms with Crippen molar-refractivity contribution < 1.29 is 4.39 Å². The average molecular weight is 369 g/mol. The highest BCUT2D eigenvalue weighted by Crippen LogP contribution is 2.46. The summed E-state index contributed by atoms with van der Waals surface area (Å²) in [7, 11) is 0. The minimum absolute atomic E-state index is 0.0315. The van der Waals surface area contributed by atoms with Crippen LogP contribution in [0.1, 0.15) is 24.4 Å². The molecular formula is C20H18ClFN4. The number of anilines is 1. The molecule has 3 aromatic rings. The highest BCUT2D eigenvalue weighted by Gasteiger charge is 2.38. The van der Waals surface area contributed by atoms with Crippen LogP contribution in [0.5, 0.6) is 0 Å². The molecule has 0 amide bonds. The van der Waals surface area contributed by atoms with Gasteiger partial charge in [-0.2, -0.15) is 0 Å².